The number of aromatic nitrogens is 3. The van der Waals surface area contributed by atoms with Gasteiger partial charge in [0.15, 0.2) is 5.58 Å². The highest BCUT2D eigenvalue weighted by atomic mass is 32.2. The normalized spacial score (nSPS) is 11.1. The summed E-state index contributed by atoms with van der Waals surface area (Å²) < 4.78 is 7.49. The molecule has 7 heteroatoms. The summed E-state index contributed by atoms with van der Waals surface area (Å²) in [5.74, 6) is 0.0865. The van der Waals surface area contributed by atoms with Crippen molar-refractivity contribution >= 4 is 34.5 Å². The smallest absolute Gasteiger partial charge is 0.257 e. The molecule has 0 saturated heterocycles. The first-order valence-corrected chi connectivity index (χ1v) is 9.91. The molecule has 0 aliphatic rings. The van der Waals surface area contributed by atoms with Crippen molar-refractivity contribution in [2.75, 3.05) is 11.1 Å². The number of carbonyl (C=O) groups excluding carboxylic acids is 1. The highest BCUT2D eigenvalue weighted by Gasteiger charge is 2.16. The molecular formula is C21H20N4O2S. The maximum Gasteiger partial charge on any atom is 0.257 e. The minimum Gasteiger partial charge on any atom is -0.431 e. The fraction of sp³-hybridized carbons (Fsp3) is 0.190. The number of oxazole rings is 1. The number of aryl methyl sites for hydroxylation is 2. The van der Waals surface area contributed by atoms with Crippen LogP contribution in [0.1, 0.15) is 17.0 Å². The van der Waals surface area contributed by atoms with Crippen LogP contribution in [0.4, 0.5) is 5.69 Å². The summed E-state index contributed by atoms with van der Waals surface area (Å²) in [5.41, 5.74) is 6.07. The first-order chi connectivity index (χ1) is 13.5. The molecule has 0 atom stereocenters. The van der Waals surface area contributed by atoms with Crippen molar-refractivity contribution in [1.82, 2.24) is 14.8 Å². The van der Waals surface area contributed by atoms with E-state index in [0.717, 1.165) is 33.9 Å². The molecule has 142 valence electrons. The van der Waals surface area contributed by atoms with Gasteiger partial charge in [0.05, 0.1) is 28.5 Å². The lowest BCUT2D eigenvalue weighted by molar-refractivity contribution is -0.113. The summed E-state index contributed by atoms with van der Waals surface area (Å²) in [7, 11) is 0. The molecule has 0 saturated carbocycles. The zero-order chi connectivity index (χ0) is 19.7. The molecule has 0 unspecified atom stereocenters. The molecule has 0 aliphatic heterocycles. The molecule has 1 N–H and O–H groups in total. The molecule has 4 aromatic rings. The predicted molar refractivity (Wildman–Crippen MR) is 111 cm³/mol. The van der Waals surface area contributed by atoms with Gasteiger partial charge in [-0.1, -0.05) is 41.6 Å². The van der Waals surface area contributed by atoms with Gasteiger partial charge in [0.1, 0.15) is 5.52 Å². The van der Waals surface area contributed by atoms with Crippen molar-refractivity contribution in [3.63, 3.8) is 0 Å². The van der Waals surface area contributed by atoms with E-state index in [2.05, 4.69) is 15.4 Å². The summed E-state index contributed by atoms with van der Waals surface area (Å²) in [6, 6.07) is 15.7. The third-order valence-electron chi connectivity index (χ3n) is 4.44. The molecule has 0 bridgehead atoms. The molecule has 2 aromatic heterocycles. The van der Waals surface area contributed by atoms with Crippen molar-refractivity contribution in [2.24, 2.45) is 0 Å². The first-order valence-electron chi connectivity index (χ1n) is 8.93. The standard InChI is InChI=1S/C21H20N4O2S/c1-13-8-10-16(11-9-13)25-15(3)20(14(2)24-25)23-19(26)12-28-21-22-17-6-4-5-7-18(17)27-21/h4-11H,12H2,1-3H3,(H,23,26). The van der Waals surface area contributed by atoms with Gasteiger partial charge in [0, 0.05) is 0 Å². The summed E-state index contributed by atoms with van der Waals surface area (Å²) in [6.07, 6.45) is 0. The lowest BCUT2D eigenvalue weighted by Gasteiger charge is -2.07. The van der Waals surface area contributed by atoms with E-state index in [1.807, 2.05) is 74.0 Å². The fourth-order valence-electron chi connectivity index (χ4n) is 2.98. The number of hydrogen-bond acceptors (Lipinski definition) is 5. The zero-order valence-electron chi connectivity index (χ0n) is 15.9. The van der Waals surface area contributed by atoms with Gasteiger partial charge in [-0.25, -0.2) is 9.67 Å². The van der Waals surface area contributed by atoms with Crippen LogP contribution in [0.25, 0.3) is 16.8 Å². The average Bonchev–Trinajstić information content (AvgIpc) is 3.23. The van der Waals surface area contributed by atoms with Crippen molar-refractivity contribution in [3.05, 3.63) is 65.5 Å². The lowest BCUT2D eigenvalue weighted by atomic mass is 10.2. The minimum absolute atomic E-state index is 0.123. The van der Waals surface area contributed by atoms with Crippen LogP contribution in [-0.4, -0.2) is 26.4 Å². The number of hydrogen-bond donors (Lipinski definition) is 1. The van der Waals surface area contributed by atoms with Gasteiger partial charge in [-0.05, 0) is 45.0 Å². The maximum atomic E-state index is 12.5. The minimum atomic E-state index is -0.123. The van der Waals surface area contributed by atoms with E-state index in [4.69, 9.17) is 4.42 Å². The van der Waals surface area contributed by atoms with Crippen molar-refractivity contribution in [1.29, 1.82) is 0 Å². The molecule has 6 nitrogen and oxygen atoms in total. The van der Waals surface area contributed by atoms with Crippen LogP contribution < -0.4 is 5.32 Å². The number of anilines is 1. The molecule has 0 radical (unpaired) electrons. The topological polar surface area (TPSA) is 73.0 Å². The predicted octanol–water partition coefficient (Wildman–Crippen LogP) is 4.67. The van der Waals surface area contributed by atoms with Crippen LogP contribution in [0.2, 0.25) is 0 Å². The Bertz CT molecular complexity index is 1110. The number of nitrogens with zero attached hydrogens (tertiary/aromatic N) is 3. The molecule has 0 fully saturated rings. The van der Waals surface area contributed by atoms with Gasteiger partial charge >= 0.3 is 0 Å². The number of nitrogens with one attached hydrogen (secondary N) is 1. The number of fused-ring (bicyclic) bond motifs is 1. The highest BCUT2D eigenvalue weighted by molar-refractivity contribution is 7.99. The van der Waals surface area contributed by atoms with Crippen LogP contribution in [-0.2, 0) is 4.79 Å². The molecule has 2 heterocycles. The quantitative estimate of drug-likeness (QED) is 0.500. The number of carbonyl (C=O) groups is 1. The molecule has 1 amide bonds. The molecule has 0 aliphatic carbocycles. The van der Waals surface area contributed by atoms with E-state index in [1.54, 1.807) is 0 Å². The van der Waals surface area contributed by atoms with Crippen molar-refractivity contribution in [2.45, 2.75) is 26.0 Å². The number of amides is 1. The van der Waals surface area contributed by atoms with Crippen LogP contribution in [0.5, 0.6) is 0 Å². The Morgan fingerprint density at radius 1 is 1.11 bits per heavy atom. The van der Waals surface area contributed by atoms with Crippen LogP contribution in [0, 0.1) is 20.8 Å². The fourth-order valence-corrected chi connectivity index (χ4v) is 3.61. The van der Waals surface area contributed by atoms with Crippen LogP contribution in [0.15, 0.2) is 58.2 Å². The van der Waals surface area contributed by atoms with Gasteiger partial charge in [-0.15, -0.1) is 0 Å². The number of rotatable bonds is 5. The second kappa shape index (κ2) is 7.52. The average molecular weight is 392 g/mol. The van der Waals surface area contributed by atoms with Crippen molar-refractivity contribution in [3.8, 4) is 5.69 Å². The Morgan fingerprint density at radius 3 is 2.61 bits per heavy atom. The summed E-state index contributed by atoms with van der Waals surface area (Å²) in [6.45, 7) is 5.88. The SMILES string of the molecule is Cc1ccc(-n2nc(C)c(NC(=O)CSc3nc4ccccc4o3)c2C)cc1. The Balaban J connectivity index is 1.46. The van der Waals surface area contributed by atoms with E-state index in [0.29, 0.717) is 5.22 Å². The van der Waals surface area contributed by atoms with Gasteiger partial charge in [0.25, 0.3) is 5.22 Å². The number of thioether (sulfide) groups is 1. The number of benzene rings is 2. The molecule has 2 aromatic carbocycles. The Kier molecular flexibility index (Phi) is 4.92. The monoisotopic (exact) mass is 392 g/mol. The van der Waals surface area contributed by atoms with Gasteiger partial charge in [-0.2, -0.15) is 5.10 Å². The van der Waals surface area contributed by atoms with E-state index < -0.39 is 0 Å². The van der Waals surface area contributed by atoms with Crippen LogP contribution >= 0.6 is 11.8 Å². The second-order valence-corrected chi connectivity index (χ2v) is 7.50. The summed E-state index contributed by atoms with van der Waals surface area (Å²) in [4.78, 5) is 16.8. The molecule has 4 rings (SSSR count). The van der Waals surface area contributed by atoms with Crippen molar-refractivity contribution < 1.29 is 9.21 Å². The molecular weight excluding hydrogens is 372 g/mol. The molecule has 0 spiro atoms. The lowest BCUT2D eigenvalue weighted by Crippen LogP contribution is -2.15. The number of para-hydroxylation sites is 2. The molecule has 28 heavy (non-hydrogen) atoms. The summed E-state index contributed by atoms with van der Waals surface area (Å²) >= 11 is 1.27. The third-order valence-corrected chi connectivity index (χ3v) is 5.26. The van der Waals surface area contributed by atoms with Gasteiger partial charge in [0.2, 0.25) is 5.91 Å². The van der Waals surface area contributed by atoms with E-state index >= 15 is 0 Å². The first kappa shape index (κ1) is 18.3. The Morgan fingerprint density at radius 2 is 1.86 bits per heavy atom. The zero-order valence-corrected chi connectivity index (χ0v) is 16.7. The second-order valence-electron chi connectivity index (χ2n) is 6.58. The summed E-state index contributed by atoms with van der Waals surface area (Å²) in [5, 5.41) is 8.03. The van der Waals surface area contributed by atoms with Gasteiger partial charge < -0.3 is 9.73 Å². The van der Waals surface area contributed by atoms with E-state index in [1.165, 1.54) is 17.3 Å². The highest BCUT2D eigenvalue weighted by Crippen LogP contribution is 2.25. The largest absolute Gasteiger partial charge is 0.431 e. The van der Waals surface area contributed by atoms with E-state index in [9.17, 15) is 4.79 Å². The Labute approximate surface area is 167 Å². The maximum absolute atomic E-state index is 12.5. The van der Waals surface area contributed by atoms with Gasteiger partial charge in [-0.3, -0.25) is 4.79 Å². The third kappa shape index (κ3) is 3.66. The van der Waals surface area contributed by atoms with Crippen LogP contribution in [0.3, 0.4) is 0 Å². The Hall–Kier alpha value is -3.06. The van der Waals surface area contributed by atoms with E-state index in [-0.39, 0.29) is 11.7 Å².